The minimum absolute atomic E-state index is 0.212. The second-order valence-corrected chi connectivity index (χ2v) is 6.85. The van der Waals surface area contributed by atoms with E-state index in [0.717, 1.165) is 24.0 Å². The van der Waals surface area contributed by atoms with E-state index in [1.807, 2.05) is 6.92 Å². The van der Waals surface area contributed by atoms with Crippen LogP contribution in [0.15, 0.2) is 33.7 Å². The van der Waals surface area contributed by atoms with E-state index in [0.29, 0.717) is 18.5 Å². The highest BCUT2D eigenvalue weighted by atomic mass is 79.9. The van der Waals surface area contributed by atoms with Gasteiger partial charge in [-0.25, -0.2) is 0 Å². The number of halogens is 1. The molecule has 1 fully saturated rings. The van der Waals surface area contributed by atoms with Crippen LogP contribution in [0.1, 0.15) is 13.3 Å². The minimum atomic E-state index is -0.222. The Morgan fingerprint density at radius 2 is 2.17 bits per heavy atom. The normalized spacial score (nSPS) is 19.1. The van der Waals surface area contributed by atoms with Crippen molar-refractivity contribution in [2.45, 2.75) is 19.4 Å². The highest BCUT2D eigenvalue weighted by molar-refractivity contribution is 9.10. The van der Waals surface area contributed by atoms with Crippen LogP contribution in [0.3, 0.4) is 0 Å². The average Bonchev–Trinajstić information content (AvgIpc) is 3.06. The molecular weight excluding hydrogens is 372 g/mol. The van der Waals surface area contributed by atoms with Crippen molar-refractivity contribution in [1.29, 1.82) is 0 Å². The van der Waals surface area contributed by atoms with Gasteiger partial charge >= 0.3 is 5.97 Å². The van der Waals surface area contributed by atoms with Crippen molar-refractivity contribution in [3.8, 4) is 0 Å². The number of hydrogen-bond acceptors (Lipinski definition) is 4. The fourth-order valence-corrected chi connectivity index (χ4v) is 2.95. The Hall–Kier alpha value is -1.76. The zero-order valence-corrected chi connectivity index (χ0v) is 16.0. The van der Waals surface area contributed by atoms with Crippen LogP contribution in [-0.2, 0) is 9.53 Å². The molecule has 0 aromatic heterocycles. The number of guanidine groups is 1. The molecule has 2 atom stereocenters. The fraction of sp³-hybridized carbons (Fsp3) is 0.529. The van der Waals surface area contributed by atoms with Gasteiger partial charge in [-0.2, -0.15) is 0 Å². The predicted octanol–water partition coefficient (Wildman–Crippen LogP) is 2.00. The molecule has 6 nitrogen and oxygen atoms in total. The predicted molar refractivity (Wildman–Crippen MR) is 100 cm³/mol. The smallest absolute Gasteiger partial charge is 0.310 e. The molecule has 0 bridgehead atoms. The van der Waals surface area contributed by atoms with Crippen molar-refractivity contribution in [3.05, 3.63) is 28.7 Å². The molecule has 7 heteroatoms. The lowest BCUT2D eigenvalue weighted by Crippen LogP contribution is -2.46. The molecule has 0 aliphatic carbocycles. The maximum absolute atomic E-state index is 11.4. The summed E-state index contributed by atoms with van der Waals surface area (Å²) in [7, 11) is 3.14. The third-order valence-electron chi connectivity index (χ3n) is 4.12. The molecule has 132 valence electrons. The number of aliphatic imine (C=N–C) groups is 1. The summed E-state index contributed by atoms with van der Waals surface area (Å²) in [6.07, 6.45) is 1.04. The van der Waals surface area contributed by atoms with Crippen molar-refractivity contribution in [2.24, 2.45) is 10.9 Å². The van der Waals surface area contributed by atoms with Crippen molar-refractivity contribution in [2.75, 3.05) is 38.7 Å². The molecule has 0 amide bonds. The molecule has 2 rings (SSSR count). The number of anilines is 1. The Morgan fingerprint density at radius 1 is 1.46 bits per heavy atom. The van der Waals surface area contributed by atoms with Gasteiger partial charge in [0.05, 0.1) is 13.0 Å². The lowest BCUT2D eigenvalue weighted by molar-refractivity contribution is -0.144. The quantitative estimate of drug-likeness (QED) is 0.452. The summed E-state index contributed by atoms with van der Waals surface area (Å²) in [6, 6.07) is 8.69. The molecule has 1 aliphatic heterocycles. The number of benzene rings is 1. The third-order valence-corrected chi connectivity index (χ3v) is 4.65. The van der Waals surface area contributed by atoms with E-state index in [-0.39, 0.29) is 11.9 Å². The number of carbonyl (C=O) groups is 1. The zero-order valence-electron chi connectivity index (χ0n) is 14.4. The number of nitrogens with zero attached hydrogens (tertiary/aromatic N) is 2. The van der Waals surface area contributed by atoms with Crippen LogP contribution in [0.2, 0.25) is 0 Å². The molecule has 1 aliphatic rings. The van der Waals surface area contributed by atoms with Gasteiger partial charge in [0.2, 0.25) is 0 Å². The van der Waals surface area contributed by atoms with Crippen LogP contribution in [-0.4, -0.2) is 51.8 Å². The van der Waals surface area contributed by atoms with E-state index in [1.54, 1.807) is 7.05 Å². The zero-order chi connectivity index (χ0) is 17.5. The first-order valence-corrected chi connectivity index (χ1v) is 8.88. The molecule has 1 aromatic carbocycles. The average molecular weight is 397 g/mol. The van der Waals surface area contributed by atoms with E-state index in [1.165, 1.54) is 12.8 Å². The fourth-order valence-electron chi connectivity index (χ4n) is 2.69. The Morgan fingerprint density at radius 3 is 2.79 bits per heavy atom. The molecule has 0 spiro atoms. The first-order chi connectivity index (χ1) is 11.5. The standard InChI is InChI=1S/C17H25BrN4O2/c1-12(16(23)24-3)10-20-17(19-2)21-14-8-9-22(11-14)15-6-4-13(18)5-7-15/h4-7,12,14H,8-11H2,1-3H3,(H2,19,20,21). The first-order valence-electron chi connectivity index (χ1n) is 8.09. The van der Waals surface area contributed by atoms with E-state index in [4.69, 9.17) is 4.74 Å². The second kappa shape index (κ2) is 8.92. The number of esters is 1. The van der Waals surface area contributed by atoms with Crippen LogP contribution < -0.4 is 15.5 Å². The maximum atomic E-state index is 11.4. The Kier molecular flexibility index (Phi) is 6.90. The summed E-state index contributed by atoms with van der Waals surface area (Å²) in [5.74, 6) is 0.282. The highest BCUT2D eigenvalue weighted by Crippen LogP contribution is 2.22. The number of hydrogen-bond donors (Lipinski definition) is 2. The first kappa shape index (κ1) is 18.6. The molecule has 0 radical (unpaired) electrons. The third kappa shape index (κ3) is 5.12. The van der Waals surface area contributed by atoms with E-state index in [9.17, 15) is 4.79 Å². The maximum Gasteiger partial charge on any atom is 0.310 e. The van der Waals surface area contributed by atoms with E-state index >= 15 is 0 Å². The molecule has 1 saturated heterocycles. The van der Waals surface area contributed by atoms with Gasteiger partial charge in [-0.3, -0.25) is 9.79 Å². The molecule has 1 heterocycles. The molecule has 2 N–H and O–H groups in total. The second-order valence-electron chi connectivity index (χ2n) is 5.93. The summed E-state index contributed by atoms with van der Waals surface area (Å²) in [5.41, 5.74) is 1.23. The van der Waals surface area contributed by atoms with Gasteiger partial charge < -0.3 is 20.3 Å². The lowest BCUT2D eigenvalue weighted by Gasteiger charge is -2.21. The lowest BCUT2D eigenvalue weighted by atomic mass is 10.2. The van der Waals surface area contributed by atoms with Gasteiger partial charge in [-0.1, -0.05) is 22.9 Å². The summed E-state index contributed by atoms with van der Waals surface area (Å²) >= 11 is 3.46. The summed E-state index contributed by atoms with van der Waals surface area (Å²) in [5, 5.41) is 6.61. The molecule has 0 saturated carbocycles. The molecule has 2 unspecified atom stereocenters. The van der Waals surface area contributed by atoms with E-state index < -0.39 is 0 Å². The topological polar surface area (TPSA) is 66.0 Å². The SMILES string of the molecule is CN=C(NCC(C)C(=O)OC)NC1CCN(c2ccc(Br)cc2)C1. The molecule has 24 heavy (non-hydrogen) atoms. The van der Waals surface area contributed by atoms with Gasteiger partial charge in [-0.15, -0.1) is 0 Å². The van der Waals surface area contributed by atoms with Gasteiger partial charge in [-0.05, 0) is 30.7 Å². The van der Waals surface area contributed by atoms with Crippen LogP contribution in [0, 0.1) is 5.92 Å². The Bertz CT molecular complexity index is 576. The highest BCUT2D eigenvalue weighted by Gasteiger charge is 2.23. The number of carbonyl (C=O) groups excluding carboxylic acids is 1. The summed E-state index contributed by atoms with van der Waals surface area (Å²) < 4.78 is 5.82. The monoisotopic (exact) mass is 396 g/mol. The van der Waals surface area contributed by atoms with Crippen molar-refractivity contribution < 1.29 is 9.53 Å². The van der Waals surface area contributed by atoms with Crippen molar-refractivity contribution >= 4 is 33.5 Å². The number of rotatable bonds is 5. The summed E-state index contributed by atoms with van der Waals surface area (Å²) in [6.45, 7) is 4.26. The van der Waals surface area contributed by atoms with Gasteiger partial charge in [0.25, 0.3) is 0 Å². The van der Waals surface area contributed by atoms with E-state index in [2.05, 4.69) is 60.7 Å². The number of nitrogens with one attached hydrogen (secondary N) is 2. The van der Waals surface area contributed by atoms with Crippen LogP contribution >= 0.6 is 15.9 Å². The van der Waals surface area contributed by atoms with Gasteiger partial charge in [0, 0.05) is 42.9 Å². The number of methoxy groups -OCH3 is 1. The van der Waals surface area contributed by atoms with Crippen LogP contribution in [0.5, 0.6) is 0 Å². The van der Waals surface area contributed by atoms with Crippen molar-refractivity contribution in [3.63, 3.8) is 0 Å². The summed E-state index contributed by atoms with van der Waals surface area (Å²) in [4.78, 5) is 18.0. The van der Waals surface area contributed by atoms with Crippen LogP contribution in [0.4, 0.5) is 5.69 Å². The van der Waals surface area contributed by atoms with Crippen molar-refractivity contribution in [1.82, 2.24) is 10.6 Å². The largest absolute Gasteiger partial charge is 0.469 e. The Labute approximate surface area is 151 Å². The van der Waals surface area contributed by atoms with Crippen LogP contribution in [0.25, 0.3) is 0 Å². The van der Waals surface area contributed by atoms with Gasteiger partial charge in [0.15, 0.2) is 5.96 Å². The number of ether oxygens (including phenoxy) is 1. The molecule has 1 aromatic rings. The minimum Gasteiger partial charge on any atom is -0.469 e. The van der Waals surface area contributed by atoms with Gasteiger partial charge in [0.1, 0.15) is 0 Å². The Balaban J connectivity index is 1.82. The molecular formula is C17H25BrN4O2.